The monoisotopic (exact) mass is 200 g/mol. The van der Waals surface area contributed by atoms with Crippen LogP contribution in [0.2, 0.25) is 0 Å². The van der Waals surface area contributed by atoms with Gasteiger partial charge in [-0.15, -0.1) is 0 Å². The third-order valence-electron chi connectivity index (χ3n) is 1.67. The van der Waals surface area contributed by atoms with Crippen molar-refractivity contribution in [1.29, 1.82) is 0 Å². The molecule has 0 aromatic rings. The van der Waals surface area contributed by atoms with E-state index < -0.39 is 12.0 Å². The van der Waals surface area contributed by atoms with Gasteiger partial charge in [0.1, 0.15) is 0 Å². The first-order valence-electron chi connectivity index (χ1n) is 4.39. The minimum Gasteiger partial charge on any atom is -0.481 e. The van der Waals surface area contributed by atoms with Gasteiger partial charge in [0.15, 0.2) is 0 Å². The summed E-state index contributed by atoms with van der Waals surface area (Å²) in [4.78, 5) is 21.7. The van der Waals surface area contributed by atoms with Crippen molar-refractivity contribution in [3.63, 3.8) is 0 Å². The lowest BCUT2D eigenvalue weighted by Crippen LogP contribution is -2.43. The third kappa shape index (κ3) is 5.31. The molecule has 0 radical (unpaired) electrons. The molecule has 3 N–H and O–H groups in total. The van der Waals surface area contributed by atoms with Crippen LogP contribution >= 0.6 is 0 Å². The molecular formula is C9H16N2O3. The van der Waals surface area contributed by atoms with Crippen LogP contribution in [-0.4, -0.2) is 36.6 Å². The molecule has 0 bridgehead atoms. The highest BCUT2D eigenvalue weighted by atomic mass is 16.4. The molecule has 0 heterocycles. The normalized spacial score (nSPS) is 12.7. The van der Waals surface area contributed by atoms with E-state index in [-0.39, 0.29) is 12.3 Å². The Labute approximate surface area is 83.2 Å². The van der Waals surface area contributed by atoms with Crippen molar-refractivity contribution in [2.75, 3.05) is 13.6 Å². The Morgan fingerprint density at radius 2 is 2.14 bits per heavy atom. The summed E-state index contributed by atoms with van der Waals surface area (Å²) in [5.74, 6) is -1.29. The van der Waals surface area contributed by atoms with Crippen molar-refractivity contribution in [3.8, 4) is 0 Å². The Bertz CT molecular complexity index is 226. The quantitative estimate of drug-likeness (QED) is 0.516. The highest BCUT2D eigenvalue weighted by Gasteiger charge is 2.18. The number of carboxylic acid groups (broad SMARTS) is 1. The second-order valence-electron chi connectivity index (χ2n) is 2.75. The first-order chi connectivity index (χ1) is 6.61. The molecule has 0 aromatic heterocycles. The van der Waals surface area contributed by atoms with E-state index in [9.17, 15) is 9.59 Å². The zero-order chi connectivity index (χ0) is 11.0. The van der Waals surface area contributed by atoms with Crippen LogP contribution in [0.5, 0.6) is 0 Å². The van der Waals surface area contributed by atoms with E-state index in [0.717, 1.165) is 0 Å². The fourth-order valence-electron chi connectivity index (χ4n) is 0.901. The number of nitrogens with one attached hydrogen (secondary N) is 2. The maximum atomic E-state index is 11.3. The van der Waals surface area contributed by atoms with Crippen molar-refractivity contribution in [2.24, 2.45) is 0 Å². The summed E-state index contributed by atoms with van der Waals surface area (Å²) < 4.78 is 0. The van der Waals surface area contributed by atoms with E-state index in [1.54, 1.807) is 13.1 Å². The number of rotatable bonds is 6. The number of aliphatic carboxylic acids is 1. The molecule has 1 atom stereocenters. The second-order valence-corrected chi connectivity index (χ2v) is 2.75. The number of carboxylic acids is 1. The predicted molar refractivity (Wildman–Crippen MR) is 52.9 cm³/mol. The van der Waals surface area contributed by atoms with Gasteiger partial charge in [-0.1, -0.05) is 12.2 Å². The summed E-state index contributed by atoms with van der Waals surface area (Å²) in [5.41, 5.74) is 0. The number of carbonyl (C=O) groups is 2. The maximum absolute atomic E-state index is 11.3. The predicted octanol–water partition coefficient (Wildman–Crippen LogP) is -0.259. The van der Waals surface area contributed by atoms with Gasteiger partial charge in [-0.2, -0.15) is 0 Å². The molecule has 80 valence electrons. The van der Waals surface area contributed by atoms with Crippen molar-refractivity contribution in [1.82, 2.24) is 10.6 Å². The molecule has 0 unspecified atom stereocenters. The molecule has 0 aromatic carbocycles. The van der Waals surface area contributed by atoms with E-state index in [1.165, 1.54) is 0 Å². The smallest absolute Gasteiger partial charge is 0.305 e. The Morgan fingerprint density at radius 3 is 2.57 bits per heavy atom. The van der Waals surface area contributed by atoms with Crippen molar-refractivity contribution in [3.05, 3.63) is 12.2 Å². The van der Waals surface area contributed by atoms with E-state index >= 15 is 0 Å². The number of allylic oxidation sites excluding steroid dienone is 1. The molecule has 0 saturated carbocycles. The highest BCUT2D eigenvalue weighted by Crippen LogP contribution is 1.91. The molecular weight excluding hydrogens is 184 g/mol. The Hall–Kier alpha value is -1.36. The van der Waals surface area contributed by atoms with Crippen LogP contribution in [0.25, 0.3) is 0 Å². The summed E-state index contributed by atoms with van der Waals surface area (Å²) in [6.45, 7) is 2.27. The number of carbonyl (C=O) groups excluding carboxylic acids is 1. The fraction of sp³-hybridized carbons (Fsp3) is 0.556. The van der Waals surface area contributed by atoms with Gasteiger partial charge in [-0.3, -0.25) is 9.59 Å². The summed E-state index contributed by atoms with van der Waals surface area (Å²) in [6, 6.07) is -0.669. The molecule has 14 heavy (non-hydrogen) atoms. The van der Waals surface area contributed by atoms with Gasteiger partial charge < -0.3 is 15.7 Å². The van der Waals surface area contributed by atoms with Gasteiger partial charge in [0, 0.05) is 6.54 Å². The Balaban J connectivity index is 3.97. The number of hydrogen-bond donors (Lipinski definition) is 3. The van der Waals surface area contributed by atoms with Crippen LogP contribution in [0.3, 0.4) is 0 Å². The molecule has 1 amide bonds. The summed E-state index contributed by atoms with van der Waals surface area (Å²) in [6.07, 6.45) is 3.38. The van der Waals surface area contributed by atoms with Crippen LogP contribution in [0, 0.1) is 0 Å². The highest BCUT2D eigenvalue weighted by molar-refractivity contribution is 5.86. The van der Waals surface area contributed by atoms with Crippen LogP contribution in [0.1, 0.15) is 13.3 Å². The van der Waals surface area contributed by atoms with E-state index in [4.69, 9.17) is 5.11 Å². The van der Waals surface area contributed by atoms with Gasteiger partial charge >= 0.3 is 5.97 Å². The van der Waals surface area contributed by atoms with E-state index in [0.29, 0.717) is 6.54 Å². The molecule has 0 saturated heterocycles. The SMILES string of the molecule is C/C=C/CNC(=O)[C@H](CC(=O)O)NC. The average molecular weight is 200 g/mol. The number of amides is 1. The van der Waals surface area contributed by atoms with Crippen LogP contribution in [0.15, 0.2) is 12.2 Å². The summed E-state index contributed by atoms with van der Waals surface area (Å²) in [7, 11) is 1.56. The lowest BCUT2D eigenvalue weighted by atomic mass is 10.2. The second kappa shape index (κ2) is 7.08. The van der Waals surface area contributed by atoms with Gasteiger partial charge in [0.2, 0.25) is 5.91 Å². The third-order valence-corrected chi connectivity index (χ3v) is 1.67. The van der Waals surface area contributed by atoms with E-state index in [2.05, 4.69) is 10.6 Å². The molecule has 0 fully saturated rings. The maximum Gasteiger partial charge on any atom is 0.305 e. The number of likely N-dealkylation sites (N-methyl/N-ethyl adjacent to an activating group) is 1. The zero-order valence-electron chi connectivity index (χ0n) is 8.41. The standard InChI is InChI=1S/C9H16N2O3/c1-3-4-5-11-9(14)7(10-2)6-8(12)13/h3-4,7,10H,5-6H2,1-2H3,(H,11,14)(H,12,13)/b4-3+/t7-/m0/s1. The minimum absolute atomic E-state index is 0.210. The van der Waals surface area contributed by atoms with Gasteiger partial charge in [0.05, 0.1) is 12.5 Å². The van der Waals surface area contributed by atoms with Gasteiger partial charge in [-0.25, -0.2) is 0 Å². The number of hydrogen-bond acceptors (Lipinski definition) is 3. The Morgan fingerprint density at radius 1 is 1.50 bits per heavy atom. The Kier molecular flexibility index (Phi) is 6.39. The first-order valence-corrected chi connectivity index (χ1v) is 4.39. The summed E-state index contributed by atoms with van der Waals surface area (Å²) in [5, 5.41) is 13.7. The van der Waals surface area contributed by atoms with Crippen LogP contribution < -0.4 is 10.6 Å². The molecule has 5 nitrogen and oxygen atoms in total. The molecule has 0 aliphatic heterocycles. The topological polar surface area (TPSA) is 78.4 Å². The molecule has 0 rings (SSSR count). The average Bonchev–Trinajstić information content (AvgIpc) is 2.14. The van der Waals surface area contributed by atoms with E-state index in [1.807, 2.05) is 13.0 Å². The van der Waals surface area contributed by atoms with Crippen LogP contribution in [-0.2, 0) is 9.59 Å². The summed E-state index contributed by atoms with van der Waals surface area (Å²) >= 11 is 0. The molecule has 0 spiro atoms. The lowest BCUT2D eigenvalue weighted by Gasteiger charge is -2.12. The fourth-order valence-corrected chi connectivity index (χ4v) is 0.901. The van der Waals surface area contributed by atoms with Gasteiger partial charge in [0.25, 0.3) is 0 Å². The minimum atomic E-state index is -0.995. The zero-order valence-corrected chi connectivity index (χ0v) is 8.41. The molecule has 5 heteroatoms. The first kappa shape index (κ1) is 12.6. The van der Waals surface area contributed by atoms with Crippen LogP contribution in [0.4, 0.5) is 0 Å². The van der Waals surface area contributed by atoms with Crippen molar-refractivity contribution in [2.45, 2.75) is 19.4 Å². The molecule has 0 aliphatic rings. The van der Waals surface area contributed by atoms with Crippen molar-refractivity contribution >= 4 is 11.9 Å². The van der Waals surface area contributed by atoms with Crippen molar-refractivity contribution < 1.29 is 14.7 Å². The largest absolute Gasteiger partial charge is 0.481 e. The van der Waals surface area contributed by atoms with Gasteiger partial charge in [-0.05, 0) is 14.0 Å². The molecule has 0 aliphatic carbocycles. The lowest BCUT2D eigenvalue weighted by molar-refractivity contribution is -0.139.